The topological polar surface area (TPSA) is 17.8 Å². The second-order valence-corrected chi connectivity index (χ2v) is 9.56. The molecule has 3 heteroatoms. The largest absolute Gasteiger partial charge is 0.292 e. The van der Waals surface area contributed by atoms with E-state index >= 15 is 0 Å². The van der Waals surface area contributed by atoms with Crippen molar-refractivity contribution in [3.63, 3.8) is 0 Å². The van der Waals surface area contributed by atoms with Crippen molar-refractivity contribution in [3.8, 4) is 28.2 Å². The Morgan fingerprint density at radius 1 is 0.774 bits per heavy atom. The molecule has 0 radical (unpaired) electrons. The van der Waals surface area contributed by atoms with E-state index in [1.165, 1.54) is 27.9 Å². The molecule has 1 aliphatic carbocycles. The molecule has 0 unspecified atom stereocenters. The molecule has 5 aromatic rings. The summed E-state index contributed by atoms with van der Waals surface area (Å²) in [4.78, 5) is 5.06. The van der Waals surface area contributed by atoms with E-state index in [0.29, 0.717) is 0 Å². The molecular formula is C28H21BrN2. The molecular weight excluding hydrogens is 444 g/mol. The standard InChI is InChI=1S/C28H21BrN2/c1-28(2)21-12-4-3-11-20(21)26-22(28)13-8-16-25(26)31-24-15-6-5-14-23(24)30-27(31)18-9-7-10-19(29)17-18/h3-17H,1-2H3. The Bertz CT molecular complexity index is 1480. The number of rotatable bonds is 2. The molecule has 6 rings (SSSR count). The van der Waals surface area contributed by atoms with Crippen molar-refractivity contribution in [1.29, 1.82) is 0 Å². The second kappa shape index (κ2) is 6.66. The van der Waals surface area contributed by atoms with Crippen LogP contribution >= 0.6 is 15.9 Å². The first-order chi connectivity index (χ1) is 15.1. The van der Waals surface area contributed by atoms with Crippen LogP contribution in [0.5, 0.6) is 0 Å². The van der Waals surface area contributed by atoms with Crippen LogP contribution in [0.1, 0.15) is 25.0 Å². The SMILES string of the molecule is CC1(C)c2ccccc2-c2c(-n3c(-c4cccc(Br)c4)nc4ccccc43)cccc21. The summed E-state index contributed by atoms with van der Waals surface area (Å²) in [6.07, 6.45) is 0. The zero-order chi connectivity index (χ0) is 21.2. The number of hydrogen-bond donors (Lipinski definition) is 0. The van der Waals surface area contributed by atoms with Gasteiger partial charge in [0.1, 0.15) is 5.82 Å². The summed E-state index contributed by atoms with van der Waals surface area (Å²) < 4.78 is 3.38. The monoisotopic (exact) mass is 464 g/mol. The first-order valence-corrected chi connectivity index (χ1v) is 11.3. The Hall–Kier alpha value is -3.17. The van der Waals surface area contributed by atoms with Gasteiger partial charge in [0.05, 0.1) is 16.7 Å². The lowest BCUT2D eigenvalue weighted by molar-refractivity contribution is 0.660. The van der Waals surface area contributed by atoms with Crippen molar-refractivity contribution in [1.82, 2.24) is 9.55 Å². The Labute approximate surface area is 190 Å². The van der Waals surface area contributed by atoms with Crippen LogP contribution in [0, 0.1) is 0 Å². The first kappa shape index (κ1) is 18.6. The van der Waals surface area contributed by atoms with E-state index in [-0.39, 0.29) is 5.41 Å². The van der Waals surface area contributed by atoms with Gasteiger partial charge in [-0.2, -0.15) is 0 Å². The minimum atomic E-state index is -0.0335. The predicted molar refractivity (Wildman–Crippen MR) is 132 cm³/mol. The van der Waals surface area contributed by atoms with Crippen LogP contribution in [-0.2, 0) is 5.41 Å². The molecule has 31 heavy (non-hydrogen) atoms. The normalized spacial score (nSPS) is 13.9. The maximum atomic E-state index is 5.06. The van der Waals surface area contributed by atoms with E-state index in [9.17, 15) is 0 Å². The fraction of sp³-hybridized carbons (Fsp3) is 0.107. The lowest BCUT2D eigenvalue weighted by Crippen LogP contribution is -2.15. The third-order valence-electron chi connectivity index (χ3n) is 6.47. The van der Waals surface area contributed by atoms with Gasteiger partial charge in [0, 0.05) is 21.0 Å². The number of nitrogens with zero attached hydrogens (tertiary/aromatic N) is 2. The highest BCUT2D eigenvalue weighted by atomic mass is 79.9. The van der Waals surface area contributed by atoms with Gasteiger partial charge in [-0.3, -0.25) is 4.57 Å². The fourth-order valence-electron chi connectivity index (χ4n) is 5.01. The van der Waals surface area contributed by atoms with Gasteiger partial charge < -0.3 is 0 Å². The molecule has 0 fully saturated rings. The van der Waals surface area contributed by atoms with Gasteiger partial charge in [0.15, 0.2) is 0 Å². The number of aromatic nitrogens is 2. The minimum Gasteiger partial charge on any atom is -0.292 e. The van der Waals surface area contributed by atoms with Crippen LogP contribution < -0.4 is 0 Å². The van der Waals surface area contributed by atoms with Gasteiger partial charge in [-0.1, -0.05) is 90.4 Å². The van der Waals surface area contributed by atoms with Crippen molar-refractivity contribution >= 4 is 27.0 Å². The average molecular weight is 465 g/mol. The molecule has 0 bridgehead atoms. The molecule has 1 aromatic heterocycles. The second-order valence-electron chi connectivity index (χ2n) is 8.64. The molecule has 1 heterocycles. The number of fused-ring (bicyclic) bond motifs is 4. The van der Waals surface area contributed by atoms with Crippen LogP contribution in [-0.4, -0.2) is 9.55 Å². The quantitative estimate of drug-likeness (QED) is 0.261. The molecule has 4 aromatic carbocycles. The number of halogens is 1. The van der Waals surface area contributed by atoms with E-state index in [4.69, 9.17) is 4.98 Å². The van der Waals surface area contributed by atoms with Crippen LogP contribution in [0.3, 0.4) is 0 Å². The van der Waals surface area contributed by atoms with Gasteiger partial charge in [-0.15, -0.1) is 0 Å². The van der Waals surface area contributed by atoms with Gasteiger partial charge in [-0.05, 0) is 47.0 Å². The van der Waals surface area contributed by atoms with Crippen molar-refractivity contribution < 1.29 is 0 Å². The summed E-state index contributed by atoms with van der Waals surface area (Å²) in [7, 11) is 0. The maximum Gasteiger partial charge on any atom is 0.145 e. The van der Waals surface area contributed by atoms with Crippen molar-refractivity contribution in [2.75, 3.05) is 0 Å². The van der Waals surface area contributed by atoms with Gasteiger partial charge in [-0.25, -0.2) is 4.98 Å². The summed E-state index contributed by atoms with van der Waals surface area (Å²) in [6, 6.07) is 32.3. The summed E-state index contributed by atoms with van der Waals surface area (Å²) in [6.45, 7) is 4.64. The third-order valence-corrected chi connectivity index (χ3v) is 6.96. The minimum absolute atomic E-state index is 0.0335. The Kier molecular flexibility index (Phi) is 4.00. The fourth-order valence-corrected chi connectivity index (χ4v) is 5.41. The summed E-state index contributed by atoms with van der Waals surface area (Å²) >= 11 is 3.63. The summed E-state index contributed by atoms with van der Waals surface area (Å²) in [5.74, 6) is 0.957. The van der Waals surface area contributed by atoms with E-state index in [1.54, 1.807) is 0 Å². The number of imidazole rings is 1. The summed E-state index contributed by atoms with van der Waals surface area (Å²) in [5.41, 5.74) is 9.73. The molecule has 0 saturated carbocycles. The highest BCUT2D eigenvalue weighted by molar-refractivity contribution is 9.10. The molecule has 0 amide bonds. The smallest absolute Gasteiger partial charge is 0.145 e. The molecule has 0 spiro atoms. The first-order valence-electron chi connectivity index (χ1n) is 10.5. The summed E-state index contributed by atoms with van der Waals surface area (Å²) in [5, 5.41) is 0. The zero-order valence-electron chi connectivity index (χ0n) is 17.4. The Morgan fingerprint density at radius 2 is 1.52 bits per heavy atom. The molecule has 2 nitrogen and oxygen atoms in total. The average Bonchev–Trinajstić information content (AvgIpc) is 3.28. The van der Waals surface area contributed by atoms with Gasteiger partial charge in [0.25, 0.3) is 0 Å². The third kappa shape index (κ3) is 2.66. The van der Waals surface area contributed by atoms with Crippen LogP contribution in [0.2, 0.25) is 0 Å². The molecule has 0 atom stereocenters. The molecule has 1 aliphatic rings. The maximum absolute atomic E-state index is 5.06. The highest BCUT2D eigenvalue weighted by Gasteiger charge is 2.37. The highest BCUT2D eigenvalue weighted by Crippen LogP contribution is 2.51. The van der Waals surface area contributed by atoms with E-state index in [0.717, 1.165) is 26.9 Å². The van der Waals surface area contributed by atoms with Gasteiger partial charge in [0.2, 0.25) is 0 Å². The Balaban J connectivity index is 1.74. The Morgan fingerprint density at radius 3 is 2.39 bits per heavy atom. The number of para-hydroxylation sites is 2. The lowest BCUT2D eigenvalue weighted by atomic mass is 9.82. The lowest BCUT2D eigenvalue weighted by Gasteiger charge is -2.22. The molecule has 0 saturated heterocycles. The van der Waals surface area contributed by atoms with E-state index in [2.05, 4.69) is 125 Å². The van der Waals surface area contributed by atoms with Crippen molar-refractivity contribution in [3.05, 3.63) is 107 Å². The van der Waals surface area contributed by atoms with Gasteiger partial charge >= 0.3 is 0 Å². The van der Waals surface area contributed by atoms with Crippen molar-refractivity contribution in [2.24, 2.45) is 0 Å². The van der Waals surface area contributed by atoms with E-state index in [1.807, 2.05) is 0 Å². The van der Waals surface area contributed by atoms with E-state index < -0.39 is 0 Å². The predicted octanol–water partition coefficient (Wildman–Crippen LogP) is 7.76. The van der Waals surface area contributed by atoms with Crippen molar-refractivity contribution in [2.45, 2.75) is 19.3 Å². The van der Waals surface area contributed by atoms with Crippen LogP contribution in [0.25, 0.3) is 39.2 Å². The van der Waals surface area contributed by atoms with Crippen LogP contribution in [0.15, 0.2) is 95.5 Å². The molecule has 0 aliphatic heterocycles. The molecule has 150 valence electrons. The number of benzene rings is 4. The molecule has 0 N–H and O–H groups in total. The zero-order valence-corrected chi connectivity index (χ0v) is 19.0. The van der Waals surface area contributed by atoms with Crippen LogP contribution in [0.4, 0.5) is 0 Å². The number of hydrogen-bond acceptors (Lipinski definition) is 1.